The van der Waals surface area contributed by atoms with Crippen LogP contribution in [0.2, 0.25) is 10.0 Å². The van der Waals surface area contributed by atoms with E-state index in [0.717, 1.165) is 17.5 Å². The number of halogens is 2. The lowest BCUT2D eigenvalue weighted by Crippen LogP contribution is -2.47. The van der Waals surface area contributed by atoms with E-state index < -0.39 is 6.04 Å². The topological polar surface area (TPSA) is 49.4 Å². The largest absolute Gasteiger partial charge is 0.354 e. The quantitative estimate of drug-likeness (QED) is 0.680. The van der Waals surface area contributed by atoms with Gasteiger partial charge in [-0.15, -0.1) is 0 Å². The lowest BCUT2D eigenvalue weighted by atomic mass is 9.94. The second-order valence-electron chi connectivity index (χ2n) is 7.34. The van der Waals surface area contributed by atoms with Crippen molar-refractivity contribution in [2.24, 2.45) is 0 Å². The standard InChI is InChI=1S/C23H26Cl2N2O2/c1-2-19(16-7-4-3-5-8-16)23(29)27-14-6-9-21(27)22(28)26-13-12-17-10-11-18(24)15-20(17)25/h3-5,7-8,10-11,15,19,21H,2,6,9,12-14H2,1H3,(H,26,28). The van der Waals surface area contributed by atoms with Gasteiger partial charge in [0.05, 0.1) is 5.92 Å². The summed E-state index contributed by atoms with van der Waals surface area (Å²) in [6, 6.07) is 14.7. The highest BCUT2D eigenvalue weighted by atomic mass is 35.5. The first-order valence-electron chi connectivity index (χ1n) is 10.1. The fraction of sp³-hybridized carbons (Fsp3) is 0.391. The van der Waals surface area contributed by atoms with Crippen LogP contribution in [0.3, 0.4) is 0 Å². The molecule has 2 aromatic carbocycles. The van der Waals surface area contributed by atoms with Crippen molar-refractivity contribution >= 4 is 35.0 Å². The molecule has 4 nitrogen and oxygen atoms in total. The molecule has 1 N–H and O–H groups in total. The SMILES string of the molecule is CCC(C(=O)N1CCCC1C(=O)NCCc1ccc(Cl)cc1Cl)c1ccccc1. The Balaban J connectivity index is 1.60. The van der Waals surface area contributed by atoms with E-state index in [4.69, 9.17) is 23.2 Å². The second kappa shape index (κ2) is 10.1. The molecule has 2 atom stereocenters. The molecule has 0 saturated carbocycles. The number of carbonyl (C=O) groups is 2. The normalized spacial score (nSPS) is 17.2. The Morgan fingerprint density at radius 1 is 1.17 bits per heavy atom. The Morgan fingerprint density at radius 2 is 1.93 bits per heavy atom. The molecule has 0 aromatic heterocycles. The average molecular weight is 433 g/mol. The van der Waals surface area contributed by atoms with Crippen molar-refractivity contribution < 1.29 is 9.59 Å². The van der Waals surface area contributed by atoms with E-state index in [1.54, 1.807) is 17.0 Å². The third-order valence-electron chi connectivity index (χ3n) is 5.46. The Bertz CT molecular complexity index is 857. The van der Waals surface area contributed by atoms with Gasteiger partial charge in [0, 0.05) is 23.1 Å². The van der Waals surface area contributed by atoms with Crippen LogP contribution in [0.1, 0.15) is 43.2 Å². The maximum Gasteiger partial charge on any atom is 0.242 e. The van der Waals surface area contributed by atoms with Gasteiger partial charge in [-0.25, -0.2) is 0 Å². The molecule has 1 aliphatic rings. The van der Waals surface area contributed by atoms with Crippen molar-refractivity contribution in [3.63, 3.8) is 0 Å². The smallest absolute Gasteiger partial charge is 0.242 e. The van der Waals surface area contributed by atoms with Gasteiger partial charge in [0.15, 0.2) is 0 Å². The van der Waals surface area contributed by atoms with Gasteiger partial charge < -0.3 is 10.2 Å². The summed E-state index contributed by atoms with van der Waals surface area (Å²) < 4.78 is 0. The monoisotopic (exact) mass is 432 g/mol. The van der Waals surface area contributed by atoms with E-state index in [2.05, 4.69) is 5.32 Å². The highest BCUT2D eigenvalue weighted by Crippen LogP contribution is 2.27. The molecule has 0 spiro atoms. The van der Waals surface area contributed by atoms with Crippen molar-refractivity contribution in [1.82, 2.24) is 10.2 Å². The molecule has 0 aliphatic carbocycles. The first kappa shape index (κ1) is 21.7. The Morgan fingerprint density at radius 3 is 2.62 bits per heavy atom. The van der Waals surface area contributed by atoms with Gasteiger partial charge >= 0.3 is 0 Å². The zero-order valence-electron chi connectivity index (χ0n) is 16.5. The molecule has 6 heteroatoms. The zero-order valence-corrected chi connectivity index (χ0v) is 18.0. The summed E-state index contributed by atoms with van der Waals surface area (Å²) in [5.41, 5.74) is 1.94. The van der Waals surface area contributed by atoms with Crippen LogP contribution in [0.4, 0.5) is 0 Å². The van der Waals surface area contributed by atoms with E-state index in [-0.39, 0.29) is 17.7 Å². The highest BCUT2D eigenvalue weighted by Gasteiger charge is 2.36. The third kappa shape index (κ3) is 5.31. The fourth-order valence-electron chi connectivity index (χ4n) is 3.90. The van der Waals surface area contributed by atoms with Gasteiger partial charge in [0.25, 0.3) is 0 Å². The number of hydrogen-bond donors (Lipinski definition) is 1. The summed E-state index contributed by atoms with van der Waals surface area (Å²) in [5.74, 6) is -0.265. The third-order valence-corrected chi connectivity index (χ3v) is 6.04. The molecule has 154 valence electrons. The van der Waals surface area contributed by atoms with E-state index in [0.29, 0.717) is 42.4 Å². The number of nitrogens with zero attached hydrogens (tertiary/aromatic N) is 1. The summed E-state index contributed by atoms with van der Waals surface area (Å²) in [7, 11) is 0. The van der Waals surface area contributed by atoms with E-state index in [1.165, 1.54) is 0 Å². The average Bonchev–Trinajstić information content (AvgIpc) is 3.21. The highest BCUT2D eigenvalue weighted by molar-refractivity contribution is 6.35. The van der Waals surface area contributed by atoms with Crippen LogP contribution in [0, 0.1) is 0 Å². The van der Waals surface area contributed by atoms with Crippen molar-refractivity contribution in [3.8, 4) is 0 Å². The number of hydrogen-bond acceptors (Lipinski definition) is 2. The van der Waals surface area contributed by atoms with Gasteiger partial charge in [-0.1, -0.05) is 66.5 Å². The number of rotatable bonds is 7. The number of amides is 2. The summed E-state index contributed by atoms with van der Waals surface area (Å²) in [5, 5.41) is 4.16. The molecular weight excluding hydrogens is 407 g/mol. The summed E-state index contributed by atoms with van der Waals surface area (Å²) in [6.07, 6.45) is 2.87. The van der Waals surface area contributed by atoms with E-state index in [1.807, 2.05) is 43.3 Å². The van der Waals surface area contributed by atoms with Crippen molar-refractivity contribution in [2.75, 3.05) is 13.1 Å². The molecule has 0 bridgehead atoms. The lowest BCUT2D eigenvalue weighted by molar-refractivity contribution is -0.139. The molecule has 1 fully saturated rings. The Hall–Kier alpha value is -2.04. The van der Waals surface area contributed by atoms with Crippen molar-refractivity contribution in [1.29, 1.82) is 0 Å². The lowest BCUT2D eigenvalue weighted by Gasteiger charge is -2.28. The number of carbonyl (C=O) groups excluding carboxylic acids is 2. The predicted octanol–water partition coefficient (Wildman–Crippen LogP) is 4.84. The Kier molecular flexibility index (Phi) is 7.57. The maximum absolute atomic E-state index is 13.2. The summed E-state index contributed by atoms with van der Waals surface area (Å²) >= 11 is 12.1. The summed E-state index contributed by atoms with van der Waals surface area (Å²) in [6.45, 7) is 3.11. The van der Waals surface area contributed by atoms with Gasteiger partial charge in [0.2, 0.25) is 11.8 Å². The van der Waals surface area contributed by atoms with Crippen LogP contribution in [0.25, 0.3) is 0 Å². The Labute approximate surface area is 182 Å². The molecule has 29 heavy (non-hydrogen) atoms. The fourth-order valence-corrected chi connectivity index (χ4v) is 4.41. The minimum Gasteiger partial charge on any atom is -0.354 e. The van der Waals surface area contributed by atoms with Gasteiger partial charge in [-0.3, -0.25) is 9.59 Å². The first-order chi connectivity index (χ1) is 14.0. The molecule has 1 heterocycles. The van der Waals surface area contributed by atoms with Crippen LogP contribution in [0.15, 0.2) is 48.5 Å². The summed E-state index contributed by atoms with van der Waals surface area (Å²) in [4.78, 5) is 27.7. The van der Waals surface area contributed by atoms with E-state index >= 15 is 0 Å². The molecular formula is C23H26Cl2N2O2. The minimum atomic E-state index is -0.402. The van der Waals surface area contributed by atoms with Crippen LogP contribution in [0.5, 0.6) is 0 Å². The van der Waals surface area contributed by atoms with Crippen molar-refractivity contribution in [2.45, 2.75) is 44.6 Å². The second-order valence-corrected chi connectivity index (χ2v) is 8.18. The molecule has 2 aromatic rings. The van der Waals surface area contributed by atoms with Gasteiger partial charge in [-0.05, 0) is 48.9 Å². The number of nitrogens with one attached hydrogen (secondary N) is 1. The predicted molar refractivity (Wildman–Crippen MR) is 117 cm³/mol. The molecule has 2 unspecified atom stereocenters. The van der Waals surface area contributed by atoms with Crippen LogP contribution in [-0.2, 0) is 16.0 Å². The van der Waals surface area contributed by atoms with E-state index in [9.17, 15) is 9.59 Å². The molecule has 1 saturated heterocycles. The molecule has 0 radical (unpaired) electrons. The maximum atomic E-state index is 13.2. The minimum absolute atomic E-state index is 0.0390. The van der Waals surface area contributed by atoms with Crippen LogP contribution < -0.4 is 5.32 Å². The molecule has 3 rings (SSSR count). The van der Waals surface area contributed by atoms with Gasteiger partial charge in [-0.2, -0.15) is 0 Å². The van der Waals surface area contributed by atoms with Crippen molar-refractivity contribution in [3.05, 3.63) is 69.7 Å². The molecule has 2 amide bonds. The molecule has 1 aliphatic heterocycles. The number of benzene rings is 2. The first-order valence-corrected chi connectivity index (χ1v) is 10.8. The van der Waals surface area contributed by atoms with Crippen LogP contribution >= 0.6 is 23.2 Å². The zero-order chi connectivity index (χ0) is 20.8. The van der Waals surface area contributed by atoms with Gasteiger partial charge in [0.1, 0.15) is 6.04 Å². The van der Waals surface area contributed by atoms with Crippen LogP contribution in [-0.4, -0.2) is 35.8 Å². The number of likely N-dealkylation sites (tertiary alicyclic amines) is 1.